The van der Waals surface area contributed by atoms with Gasteiger partial charge in [0, 0.05) is 11.3 Å². The van der Waals surface area contributed by atoms with Crippen LogP contribution in [0.5, 0.6) is 0 Å². The lowest BCUT2D eigenvalue weighted by Crippen LogP contribution is -2.46. The zero-order valence-electron chi connectivity index (χ0n) is 10.4. The number of halogens is 1. The summed E-state index contributed by atoms with van der Waals surface area (Å²) in [5, 5.41) is 13.7. The van der Waals surface area contributed by atoms with Gasteiger partial charge in [-0.2, -0.15) is 0 Å². The van der Waals surface area contributed by atoms with Crippen LogP contribution < -0.4 is 16.4 Å². The summed E-state index contributed by atoms with van der Waals surface area (Å²) < 4.78 is 0.604. The fraction of sp³-hybridized carbons (Fsp3) is 0.364. The number of aliphatic carboxylic acids is 1. The fourth-order valence-electron chi connectivity index (χ4n) is 1.37. The molecule has 1 rings (SSSR count). The first-order chi connectivity index (χ1) is 9.38. The first-order valence-electron chi connectivity index (χ1n) is 5.68. The molecular formula is C11H14ClN3O4S. The van der Waals surface area contributed by atoms with Crippen LogP contribution in [0.1, 0.15) is 17.7 Å². The Morgan fingerprint density at radius 1 is 1.40 bits per heavy atom. The van der Waals surface area contributed by atoms with Crippen LogP contribution in [-0.2, 0) is 16.1 Å². The Hall–Kier alpha value is -1.80. The van der Waals surface area contributed by atoms with Crippen LogP contribution in [0.2, 0.25) is 4.34 Å². The molecule has 0 fully saturated rings. The van der Waals surface area contributed by atoms with Crippen molar-refractivity contribution in [2.24, 2.45) is 5.73 Å². The number of carbonyl (C=O) groups is 3. The van der Waals surface area contributed by atoms with Crippen molar-refractivity contribution in [2.75, 3.05) is 0 Å². The second kappa shape index (κ2) is 7.71. The van der Waals surface area contributed by atoms with Crippen LogP contribution >= 0.6 is 22.9 Å². The summed E-state index contributed by atoms with van der Waals surface area (Å²) in [6.45, 7) is 0.241. The predicted molar refractivity (Wildman–Crippen MR) is 74.6 cm³/mol. The monoisotopic (exact) mass is 319 g/mol. The number of rotatable bonds is 7. The summed E-state index contributed by atoms with van der Waals surface area (Å²) in [7, 11) is 0. The molecule has 20 heavy (non-hydrogen) atoms. The molecule has 0 bridgehead atoms. The number of urea groups is 1. The van der Waals surface area contributed by atoms with Crippen molar-refractivity contribution in [3.63, 3.8) is 0 Å². The average molecular weight is 320 g/mol. The molecule has 110 valence electrons. The molecule has 0 saturated carbocycles. The van der Waals surface area contributed by atoms with Gasteiger partial charge < -0.3 is 21.5 Å². The van der Waals surface area contributed by atoms with Gasteiger partial charge in [-0.1, -0.05) is 11.6 Å². The SMILES string of the molecule is NC(=O)CCC(NC(=O)NCc1ccc(Cl)s1)C(=O)O. The zero-order valence-corrected chi connectivity index (χ0v) is 12.0. The average Bonchev–Trinajstić information content (AvgIpc) is 2.77. The Balaban J connectivity index is 2.41. The van der Waals surface area contributed by atoms with Crippen LogP contribution in [0, 0.1) is 0 Å². The summed E-state index contributed by atoms with van der Waals surface area (Å²) in [6, 6.07) is 1.67. The Morgan fingerprint density at radius 3 is 2.60 bits per heavy atom. The largest absolute Gasteiger partial charge is 0.480 e. The minimum absolute atomic E-state index is 0.0527. The molecule has 0 saturated heterocycles. The topological polar surface area (TPSA) is 122 Å². The van der Waals surface area contributed by atoms with E-state index in [0.29, 0.717) is 4.34 Å². The summed E-state index contributed by atoms with van der Waals surface area (Å²) in [5.74, 6) is -1.84. The van der Waals surface area contributed by atoms with Crippen LogP contribution in [0.4, 0.5) is 4.79 Å². The normalized spacial score (nSPS) is 11.7. The molecular weight excluding hydrogens is 306 g/mol. The van der Waals surface area contributed by atoms with E-state index in [1.54, 1.807) is 12.1 Å². The van der Waals surface area contributed by atoms with Gasteiger partial charge in [0.25, 0.3) is 0 Å². The number of nitrogens with two attached hydrogens (primary N) is 1. The van der Waals surface area contributed by atoms with E-state index in [2.05, 4.69) is 10.6 Å². The van der Waals surface area contributed by atoms with Crippen LogP contribution in [0.3, 0.4) is 0 Å². The van der Waals surface area contributed by atoms with E-state index in [-0.39, 0.29) is 19.4 Å². The van der Waals surface area contributed by atoms with Gasteiger partial charge in [-0.3, -0.25) is 4.79 Å². The molecule has 1 atom stereocenters. The van der Waals surface area contributed by atoms with E-state index < -0.39 is 23.9 Å². The maximum absolute atomic E-state index is 11.6. The fourth-order valence-corrected chi connectivity index (χ4v) is 2.39. The number of hydrogen-bond donors (Lipinski definition) is 4. The predicted octanol–water partition coefficient (Wildman–Crippen LogP) is 0.919. The lowest BCUT2D eigenvalue weighted by Gasteiger charge is -2.14. The van der Waals surface area contributed by atoms with Crippen molar-refractivity contribution < 1.29 is 19.5 Å². The van der Waals surface area contributed by atoms with Crippen molar-refractivity contribution in [3.05, 3.63) is 21.3 Å². The second-order valence-corrected chi connectivity index (χ2v) is 5.73. The van der Waals surface area contributed by atoms with Gasteiger partial charge in [0.05, 0.1) is 10.9 Å². The van der Waals surface area contributed by atoms with Crippen molar-refractivity contribution in [2.45, 2.75) is 25.4 Å². The van der Waals surface area contributed by atoms with Crippen molar-refractivity contribution in [1.82, 2.24) is 10.6 Å². The molecule has 0 aliphatic heterocycles. The van der Waals surface area contributed by atoms with Crippen LogP contribution in [0.25, 0.3) is 0 Å². The van der Waals surface area contributed by atoms with Gasteiger partial charge in [-0.25, -0.2) is 9.59 Å². The highest BCUT2D eigenvalue weighted by Gasteiger charge is 2.20. The maximum atomic E-state index is 11.6. The van der Waals surface area contributed by atoms with Crippen molar-refractivity contribution >= 4 is 40.8 Å². The van der Waals surface area contributed by atoms with E-state index in [0.717, 1.165) is 4.88 Å². The molecule has 1 aromatic heterocycles. The minimum atomic E-state index is -1.22. The molecule has 1 unspecified atom stereocenters. The van der Waals surface area contributed by atoms with Gasteiger partial charge >= 0.3 is 12.0 Å². The molecule has 0 spiro atoms. The Morgan fingerprint density at radius 2 is 2.10 bits per heavy atom. The molecule has 5 N–H and O–H groups in total. The molecule has 1 aromatic rings. The highest BCUT2D eigenvalue weighted by Crippen LogP contribution is 2.20. The van der Waals surface area contributed by atoms with E-state index in [1.165, 1.54) is 11.3 Å². The highest BCUT2D eigenvalue weighted by molar-refractivity contribution is 7.16. The number of hydrogen-bond acceptors (Lipinski definition) is 4. The Labute approximate surface area is 124 Å². The molecule has 0 aliphatic carbocycles. The lowest BCUT2D eigenvalue weighted by atomic mass is 10.1. The third-order valence-electron chi connectivity index (χ3n) is 2.33. The van der Waals surface area contributed by atoms with E-state index in [9.17, 15) is 14.4 Å². The van der Waals surface area contributed by atoms with E-state index >= 15 is 0 Å². The molecule has 1 heterocycles. The Bertz CT molecular complexity index is 506. The van der Waals surface area contributed by atoms with Gasteiger partial charge in [0.15, 0.2) is 0 Å². The second-order valence-electron chi connectivity index (χ2n) is 3.93. The molecule has 3 amide bonds. The van der Waals surface area contributed by atoms with Crippen LogP contribution in [-0.4, -0.2) is 29.1 Å². The van der Waals surface area contributed by atoms with Gasteiger partial charge in [0.1, 0.15) is 6.04 Å². The number of carboxylic acid groups (broad SMARTS) is 1. The first-order valence-corrected chi connectivity index (χ1v) is 6.87. The number of carboxylic acids is 1. The smallest absolute Gasteiger partial charge is 0.326 e. The summed E-state index contributed by atoms with van der Waals surface area (Å²) >= 11 is 7.06. The Kier molecular flexibility index (Phi) is 6.26. The molecule has 0 aliphatic rings. The number of nitrogens with one attached hydrogen (secondary N) is 2. The lowest BCUT2D eigenvalue weighted by molar-refractivity contribution is -0.139. The summed E-state index contributed by atoms with van der Waals surface area (Å²) in [4.78, 5) is 33.9. The van der Waals surface area contributed by atoms with Gasteiger partial charge in [-0.05, 0) is 18.6 Å². The number of amides is 3. The zero-order chi connectivity index (χ0) is 15.1. The number of primary amides is 1. The van der Waals surface area contributed by atoms with Crippen LogP contribution in [0.15, 0.2) is 12.1 Å². The number of thiophene rings is 1. The molecule has 0 radical (unpaired) electrons. The van der Waals surface area contributed by atoms with Crippen molar-refractivity contribution in [1.29, 1.82) is 0 Å². The van der Waals surface area contributed by atoms with E-state index in [4.69, 9.17) is 22.4 Å². The molecule has 0 aromatic carbocycles. The van der Waals surface area contributed by atoms with E-state index in [1.807, 2.05) is 0 Å². The number of carbonyl (C=O) groups excluding carboxylic acids is 2. The van der Waals surface area contributed by atoms with Gasteiger partial charge in [-0.15, -0.1) is 11.3 Å². The highest BCUT2D eigenvalue weighted by atomic mass is 35.5. The third-order valence-corrected chi connectivity index (χ3v) is 3.57. The molecule has 7 nitrogen and oxygen atoms in total. The quantitative estimate of drug-likeness (QED) is 0.597. The van der Waals surface area contributed by atoms with Crippen molar-refractivity contribution in [3.8, 4) is 0 Å². The van der Waals surface area contributed by atoms with Gasteiger partial charge in [0.2, 0.25) is 5.91 Å². The summed E-state index contributed by atoms with van der Waals surface area (Å²) in [5.41, 5.74) is 4.94. The molecule has 9 heteroatoms. The first kappa shape index (κ1) is 16.3. The summed E-state index contributed by atoms with van der Waals surface area (Å²) in [6.07, 6.45) is -0.166. The standard InChI is InChI=1S/C11H14ClN3O4S/c12-8-3-1-6(20-8)5-14-11(19)15-7(10(17)18)2-4-9(13)16/h1,3,7H,2,4-5H2,(H2,13,16)(H,17,18)(H2,14,15,19). The maximum Gasteiger partial charge on any atom is 0.326 e. The third kappa shape index (κ3) is 5.89. The minimum Gasteiger partial charge on any atom is -0.480 e.